The van der Waals surface area contributed by atoms with Crippen LogP contribution in [0.2, 0.25) is 0 Å². The summed E-state index contributed by atoms with van der Waals surface area (Å²) in [6, 6.07) is 0. The van der Waals surface area contributed by atoms with Crippen molar-refractivity contribution in [1.82, 2.24) is 0 Å². The SMILES string of the molecule is CCC(O)COCC(OCC(O)CO)C(COCC(O)CO)OCC(O)CO. The van der Waals surface area contributed by atoms with Crippen molar-refractivity contribution in [2.45, 2.75) is 50.0 Å². The van der Waals surface area contributed by atoms with E-state index in [1.54, 1.807) is 6.92 Å². The lowest BCUT2D eigenvalue weighted by Crippen LogP contribution is -2.43. The van der Waals surface area contributed by atoms with Crippen LogP contribution < -0.4 is 0 Å². The number of aliphatic hydroxyl groups is 7. The maximum Gasteiger partial charge on any atom is 0.109 e. The van der Waals surface area contributed by atoms with Gasteiger partial charge >= 0.3 is 0 Å². The van der Waals surface area contributed by atoms with Gasteiger partial charge in [0.25, 0.3) is 0 Å². The normalized spacial score (nSPS) is 18.4. The standard InChI is InChI=1S/C17H36O11/c1-2-12(21)6-25-10-16(27-8-14(23)4-19)17(28-9-15(24)5-20)11-26-7-13(22)3-18/h12-24H,2-11H2,1H3. The first kappa shape index (κ1) is 27.6. The minimum atomic E-state index is -1.13. The van der Waals surface area contributed by atoms with Gasteiger partial charge < -0.3 is 54.7 Å². The largest absolute Gasteiger partial charge is 0.394 e. The smallest absolute Gasteiger partial charge is 0.109 e. The molecule has 0 rings (SSSR count). The highest BCUT2D eigenvalue weighted by atomic mass is 16.6. The minimum Gasteiger partial charge on any atom is -0.394 e. The zero-order valence-corrected chi connectivity index (χ0v) is 16.3. The molecule has 0 aliphatic carbocycles. The van der Waals surface area contributed by atoms with Gasteiger partial charge in [0.05, 0.1) is 65.6 Å². The van der Waals surface area contributed by atoms with E-state index in [9.17, 15) is 20.4 Å². The fourth-order valence-corrected chi connectivity index (χ4v) is 1.91. The molecule has 0 bridgehead atoms. The molecule has 0 aliphatic heterocycles. The third-order valence-corrected chi connectivity index (χ3v) is 3.71. The van der Waals surface area contributed by atoms with Gasteiger partial charge in [0.15, 0.2) is 0 Å². The van der Waals surface area contributed by atoms with Crippen molar-refractivity contribution in [2.75, 3.05) is 59.5 Å². The van der Waals surface area contributed by atoms with Crippen LogP contribution in [-0.4, -0.2) is 132 Å². The molecule has 0 spiro atoms. The third-order valence-electron chi connectivity index (χ3n) is 3.71. The molecule has 0 radical (unpaired) electrons. The van der Waals surface area contributed by atoms with E-state index in [1.807, 2.05) is 0 Å². The van der Waals surface area contributed by atoms with Crippen LogP contribution in [0.3, 0.4) is 0 Å². The molecule has 28 heavy (non-hydrogen) atoms. The van der Waals surface area contributed by atoms with Gasteiger partial charge in [-0.2, -0.15) is 0 Å². The summed E-state index contributed by atoms with van der Waals surface area (Å²) in [5.41, 5.74) is 0. The summed E-state index contributed by atoms with van der Waals surface area (Å²) >= 11 is 0. The number of hydrogen-bond donors (Lipinski definition) is 7. The maximum absolute atomic E-state index is 9.60. The van der Waals surface area contributed by atoms with E-state index in [1.165, 1.54) is 0 Å². The summed E-state index contributed by atoms with van der Waals surface area (Å²) in [6.07, 6.45) is -5.11. The Morgan fingerprint density at radius 3 is 1.25 bits per heavy atom. The van der Waals surface area contributed by atoms with E-state index in [4.69, 9.17) is 34.3 Å². The Morgan fingerprint density at radius 1 is 0.536 bits per heavy atom. The lowest BCUT2D eigenvalue weighted by atomic mass is 10.2. The molecule has 0 amide bonds. The molecule has 0 aliphatic rings. The molecule has 0 saturated heterocycles. The predicted molar refractivity (Wildman–Crippen MR) is 96.7 cm³/mol. The van der Waals surface area contributed by atoms with Crippen molar-refractivity contribution in [3.63, 3.8) is 0 Å². The monoisotopic (exact) mass is 416 g/mol. The van der Waals surface area contributed by atoms with Crippen molar-refractivity contribution in [1.29, 1.82) is 0 Å². The Bertz CT molecular complexity index is 315. The van der Waals surface area contributed by atoms with Crippen LogP contribution in [0.5, 0.6) is 0 Å². The Hall–Kier alpha value is -0.440. The molecule has 0 saturated carbocycles. The molecule has 0 heterocycles. The molecular formula is C17H36O11. The average Bonchev–Trinajstić information content (AvgIpc) is 2.71. The summed E-state index contributed by atoms with van der Waals surface area (Å²) in [6.45, 7) is -0.404. The van der Waals surface area contributed by atoms with E-state index in [0.29, 0.717) is 6.42 Å². The Balaban J connectivity index is 4.92. The minimum absolute atomic E-state index is 0.0407. The summed E-state index contributed by atoms with van der Waals surface area (Å²) in [4.78, 5) is 0. The summed E-state index contributed by atoms with van der Waals surface area (Å²) in [5, 5.41) is 64.7. The Labute approximate surface area is 165 Å². The van der Waals surface area contributed by atoms with E-state index < -0.39 is 56.4 Å². The van der Waals surface area contributed by atoms with Gasteiger partial charge in [-0.15, -0.1) is 0 Å². The van der Waals surface area contributed by atoms with E-state index in [-0.39, 0.29) is 39.6 Å². The summed E-state index contributed by atoms with van der Waals surface area (Å²) < 4.78 is 21.8. The molecule has 170 valence electrons. The van der Waals surface area contributed by atoms with Crippen LogP contribution in [0, 0.1) is 0 Å². The number of ether oxygens (including phenoxy) is 4. The van der Waals surface area contributed by atoms with Gasteiger partial charge in [0, 0.05) is 0 Å². The van der Waals surface area contributed by atoms with Crippen LogP contribution in [-0.2, 0) is 18.9 Å². The molecule has 6 atom stereocenters. The van der Waals surface area contributed by atoms with Gasteiger partial charge in [0.1, 0.15) is 30.5 Å². The number of hydrogen-bond acceptors (Lipinski definition) is 11. The highest BCUT2D eigenvalue weighted by Crippen LogP contribution is 2.10. The fourth-order valence-electron chi connectivity index (χ4n) is 1.91. The first-order valence-corrected chi connectivity index (χ1v) is 9.31. The average molecular weight is 416 g/mol. The molecule has 7 N–H and O–H groups in total. The first-order valence-electron chi connectivity index (χ1n) is 9.31. The molecule has 0 aromatic heterocycles. The van der Waals surface area contributed by atoms with Crippen LogP contribution in [0.15, 0.2) is 0 Å². The highest BCUT2D eigenvalue weighted by Gasteiger charge is 2.26. The summed E-state index contributed by atoms with van der Waals surface area (Å²) in [5.74, 6) is 0. The highest BCUT2D eigenvalue weighted by molar-refractivity contribution is 4.73. The number of rotatable bonds is 19. The molecule has 11 nitrogen and oxygen atoms in total. The van der Waals surface area contributed by atoms with Gasteiger partial charge in [-0.25, -0.2) is 0 Å². The lowest BCUT2D eigenvalue weighted by Gasteiger charge is -2.29. The molecule has 0 fully saturated rings. The Morgan fingerprint density at radius 2 is 0.893 bits per heavy atom. The van der Waals surface area contributed by atoms with Gasteiger partial charge in [-0.3, -0.25) is 0 Å². The Kier molecular flexibility index (Phi) is 17.1. The van der Waals surface area contributed by atoms with Crippen molar-refractivity contribution in [2.24, 2.45) is 0 Å². The van der Waals surface area contributed by atoms with Crippen molar-refractivity contribution >= 4 is 0 Å². The second-order valence-electron chi connectivity index (χ2n) is 6.39. The van der Waals surface area contributed by atoms with Gasteiger partial charge in [-0.05, 0) is 6.42 Å². The van der Waals surface area contributed by atoms with E-state index >= 15 is 0 Å². The number of aliphatic hydroxyl groups excluding tert-OH is 7. The van der Waals surface area contributed by atoms with Crippen LogP contribution in [0.1, 0.15) is 13.3 Å². The zero-order chi connectivity index (χ0) is 21.4. The van der Waals surface area contributed by atoms with Crippen LogP contribution in [0.4, 0.5) is 0 Å². The van der Waals surface area contributed by atoms with Crippen LogP contribution >= 0.6 is 0 Å². The fraction of sp³-hybridized carbons (Fsp3) is 1.00. The second-order valence-corrected chi connectivity index (χ2v) is 6.39. The zero-order valence-electron chi connectivity index (χ0n) is 16.3. The van der Waals surface area contributed by atoms with E-state index in [0.717, 1.165) is 0 Å². The topological polar surface area (TPSA) is 179 Å². The lowest BCUT2D eigenvalue weighted by molar-refractivity contribution is -0.157. The van der Waals surface area contributed by atoms with Crippen molar-refractivity contribution in [3.8, 4) is 0 Å². The molecule has 0 aromatic carbocycles. The van der Waals surface area contributed by atoms with Gasteiger partial charge in [0.2, 0.25) is 0 Å². The summed E-state index contributed by atoms with van der Waals surface area (Å²) in [7, 11) is 0. The molecule has 0 aromatic rings. The third kappa shape index (κ3) is 13.7. The second kappa shape index (κ2) is 17.4. The maximum atomic E-state index is 9.60. The predicted octanol–water partition coefficient (Wildman–Crippen LogP) is -3.38. The van der Waals surface area contributed by atoms with Crippen molar-refractivity contribution < 1.29 is 54.7 Å². The van der Waals surface area contributed by atoms with Gasteiger partial charge in [-0.1, -0.05) is 6.92 Å². The van der Waals surface area contributed by atoms with Crippen molar-refractivity contribution in [3.05, 3.63) is 0 Å². The first-order chi connectivity index (χ1) is 13.4. The van der Waals surface area contributed by atoms with E-state index in [2.05, 4.69) is 0 Å². The molecular weight excluding hydrogens is 380 g/mol. The van der Waals surface area contributed by atoms with Crippen LogP contribution in [0.25, 0.3) is 0 Å². The quantitative estimate of drug-likeness (QED) is 0.112. The molecule has 6 unspecified atom stereocenters. The molecule has 11 heteroatoms.